The molecule has 0 bridgehead atoms. The molecule has 25 heavy (non-hydrogen) atoms. The highest BCUT2D eigenvalue weighted by atomic mass is 79.9. The van der Waals surface area contributed by atoms with Crippen LogP contribution in [0.15, 0.2) is 59.1 Å². The van der Waals surface area contributed by atoms with Crippen molar-refractivity contribution in [3.05, 3.63) is 70.2 Å². The third kappa shape index (κ3) is 5.16. The van der Waals surface area contributed by atoms with Crippen LogP contribution in [0.25, 0.3) is 0 Å². The monoisotopic (exact) mass is 400 g/mol. The Bertz CT molecular complexity index is 696. The Morgan fingerprint density at radius 2 is 1.88 bits per heavy atom. The van der Waals surface area contributed by atoms with Crippen molar-refractivity contribution in [3.63, 3.8) is 0 Å². The molecule has 0 aromatic heterocycles. The Hall–Kier alpha value is -1.65. The van der Waals surface area contributed by atoms with Crippen molar-refractivity contribution >= 4 is 21.8 Å². The predicted molar refractivity (Wildman–Crippen MR) is 105 cm³/mol. The number of benzene rings is 2. The van der Waals surface area contributed by atoms with Gasteiger partial charge in [-0.05, 0) is 56.1 Å². The Morgan fingerprint density at radius 1 is 1.16 bits per heavy atom. The number of nitrogens with zero attached hydrogens (tertiary/aromatic N) is 1. The van der Waals surface area contributed by atoms with Crippen LogP contribution in [-0.2, 0) is 11.3 Å². The topological polar surface area (TPSA) is 32.3 Å². The van der Waals surface area contributed by atoms with Crippen molar-refractivity contribution in [2.24, 2.45) is 5.92 Å². The summed E-state index contributed by atoms with van der Waals surface area (Å²) < 4.78 is 1.12. The fourth-order valence-corrected chi connectivity index (χ4v) is 3.85. The molecule has 1 fully saturated rings. The molecule has 0 unspecified atom stereocenters. The maximum Gasteiger partial charge on any atom is 0.223 e. The van der Waals surface area contributed by atoms with Crippen molar-refractivity contribution in [2.75, 3.05) is 13.1 Å². The zero-order chi connectivity index (χ0) is 17.6. The molecule has 1 atom stereocenters. The van der Waals surface area contributed by atoms with Gasteiger partial charge >= 0.3 is 0 Å². The quantitative estimate of drug-likeness (QED) is 0.798. The van der Waals surface area contributed by atoms with E-state index in [1.165, 1.54) is 5.56 Å². The summed E-state index contributed by atoms with van der Waals surface area (Å²) in [7, 11) is 0. The van der Waals surface area contributed by atoms with E-state index in [2.05, 4.69) is 63.4 Å². The highest BCUT2D eigenvalue weighted by Crippen LogP contribution is 2.22. The molecular weight excluding hydrogens is 376 g/mol. The first-order valence-electron chi connectivity index (χ1n) is 8.94. The summed E-state index contributed by atoms with van der Waals surface area (Å²) >= 11 is 3.53. The molecule has 3 nitrogen and oxygen atoms in total. The molecular formula is C21H25BrN2O. The van der Waals surface area contributed by atoms with Crippen LogP contribution in [0.2, 0.25) is 0 Å². The molecule has 4 heteroatoms. The fourth-order valence-electron chi connectivity index (χ4n) is 3.40. The number of amides is 1. The molecule has 1 heterocycles. The minimum atomic E-state index is 0.0633. The first kappa shape index (κ1) is 18.2. The summed E-state index contributed by atoms with van der Waals surface area (Å²) in [6.45, 7) is 4.96. The van der Waals surface area contributed by atoms with Gasteiger partial charge in [-0.25, -0.2) is 0 Å². The van der Waals surface area contributed by atoms with Crippen LogP contribution in [-0.4, -0.2) is 23.9 Å². The van der Waals surface area contributed by atoms with Crippen molar-refractivity contribution < 1.29 is 4.79 Å². The largest absolute Gasteiger partial charge is 0.349 e. The van der Waals surface area contributed by atoms with Gasteiger partial charge in [0.15, 0.2) is 0 Å². The summed E-state index contributed by atoms with van der Waals surface area (Å²) in [6, 6.07) is 18.7. The minimum Gasteiger partial charge on any atom is -0.349 e. The standard InChI is InChI=1S/C21H25BrN2O/c1-16(18-7-3-2-4-8-18)23-21(25)19-10-12-24(13-11-19)15-17-6-5-9-20(22)14-17/h2-9,14,16,19H,10-13,15H2,1H3,(H,23,25)/t16-/m0/s1. The van der Waals surface area contributed by atoms with Gasteiger partial charge in [0.25, 0.3) is 0 Å². The lowest BCUT2D eigenvalue weighted by Crippen LogP contribution is -2.40. The van der Waals surface area contributed by atoms with E-state index >= 15 is 0 Å². The Labute approximate surface area is 158 Å². The van der Waals surface area contributed by atoms with Gasteiger partial charge in [0.2, 0.25) is 5.91 Å². The summed E-state index contributed by atoms with van der Waals surface area (Å²) in [5.41, 5.74) is 2.47. The molecule has 0 radical (unpaired) electrons. The van der Waals surface area contributed by atoms with Crippen LogP contribution in [0.5, 0.6) is 0 Å². The highest BCUT2D eigenvalue weighted by Gasteiger charge is 2.25. The van der Waals surface area contributed by atoms with E-state index in [-0.39, 0.29) is 17.9 Å². The van der Waals surface area contributed by atoms with Crippen LogP contribution in [0.1, 0.15) is 36.9 Å². The van der Waals surface area contributed by atoms with Crippen LogP contribution >= 0.6 is 15.9 Å². The second-order valence-corrected chi connectivity index (χ2v) is 7.74. The van der Waals surface area contributed by atoms with Crippen molar-refractivity contribution in [2.45, 2.75) is 32.4 Å². The average Bonchev–Trinajstić information content (AvgIpc) is 2.63. The number of piperidine rings is 1. The lowest BCUT2D eigenvalue weighted by Gasteiger charge is -2.32. The Balaban J connectivity index is 1.47. The number of carbonyl (C=O) groups is 1. The van der Waals surface area contributed by atoms with Crippen LogP contribution < -0.4 is 5.32 Å². The number of rotatable bonds is 5. The van der Waals surface area contributed by atoms with Gasteiger partial charge in [-0.2, -0.15) is 0 Å². The average molecular weight is 401 g/mol. The maximum absolute atomic E-state index is 12.6. The maximum atomic E-state index is 12.6. The second kappa shape index (κ2) is 8.63. The first-order chi connectivity index (χ1) is 12.1. The normalized spacial score (nSPS) is 17.2. The zero-order valence-corrected chi connectivity index (χ0v) is 16.2. The molecule has 2 aromatic carbocycles. The molecule has 3 rings (SSSR count). The third-order valence-electron chi connectivity index (χ3n) is 4.91. The van der Waals surface area contributed by atoms with Gasteiger partial charge in [-0.1, -0.05) is 58.4 Å². The number of carbonyl (C=O) groups excluding carboxylic acids is 1. The molecule has 2 aromatic rings. The van der Waals surface area contributed by atoms with E-state index in [4.69, 9.17) is 0 Å². The summed E-state index contributed by atoms with van der Waals surface area (Å²) in [6.07, 6.45) is 1.86. The molecule has 1 aliphatic heterocycles. The molecule has 1 amide bonds. The van der Waals surface area contributed by atoms with E-state index in [0.717, 1.165) is 42.5 Å². The van der Waals surface area contributed by atoms with Crippen LogP contribution in [0.3, 0.4) is 0 Å². The van der Waals surface area contributed by atoms with Gasteiger partial charge < -0.3 is 5.32 Å². The van der Waals surface area contributed by atoms with E-state index in [1.807, 2.05) is 24.3 Å². The van der Waals surface area contributed by atoms with Gasteiger partial charge in [-0.15, -0.1) is 0 Å². The van der Waals surface area contributed by atoms with E-state index in [0.29, 0.717) is 0 Å². The molecule has 132 valence electrons. The fraction of sp³-hybridized carbons (Fsp3) is 0.381. The number of likely N-dealkylation sites (tertiary alicyclic amines) is 1. The molecule has 0 saturated carbocycles. The molecule has 1 N–H and O–H groups in total. The first-order valence-corrected chi connectivity index (χ1v) is 9.73. The van der Waals surface area contributed by atoms with Gasteiger partial charge in [0.05, 0.1) is 6.04 Å². The molecule has 0 aliphatic carbocycles. The van der Waals surface area contributed by atoms with Crippen molar-refractivity contribution in [1.29, 1.82) is 0 Å². The smallest absolute Gasteiger partial charge is 0.223 e. The molecule has 1 saturated heterocycles. The second-order valence-electron chi connectivity index (χ2n) is 6.82. The number of nitrogens with one attached hydrogen (secondary N) is 1. The van der Waals surface area contributed by atoms with E-state index < -0.39 is 0 Å². The van der Waals surface area contributed by atoms with E-state index in [1.54, 1.807) is 0 Å². The summed E-state index contributed by atoms with van der Waals surface area (Å²) in [4.78, 5) is 15.0. The van der Waals surface area contributed by atoms with Crippen molar-refractivity contribution in [3.8, 4) is 0 Å². The van der Waals surface area contributed by atoms with E-state index in [9.17, 15) is 4.79 Å². The van der Waals surface area contributed by atoms with Gasteiger partial charge in [0, 0.05) is 16.9 Å². The summed E-state index contributed by atoms with van der Waals surface area (Å²) in [5.74, 6) is 0.323. The predicted octanol–water partition coefficient (Wildman–Crippen LogP) is 4.54. The van der Waals surface area contributed by atoms with Gasteiger partial charge in [0.1, 0.15) is 0 Å². The number of hydrogen-bond donors (Lipinski definition) is 1. The Morgan fingerprint density at radius 3 is 2.56 bits per heavy atom. The zero-order valence-electron chi connectivity index (χ0n) is 14.6. The lowest BCUT2D eigenvalue weighted by atomic mass is 9.95. The Kier molecular flexibility index (Phi) is 6.27. The highest BCUT2D eigenvalue weighted by molar-refractivity contribution is 9.10. The molecule has 1 aliphatic rings. The molecule has 0 spiro atoms. The SMILES string of the molecule is C[C@H](NC(=O)C1CCN(Cc2cccc(Br)c2)CC1)c1ccccc1. The number of halogens is 1. The lowest BCUT2D eigenvalue weighted by molar-refractivity contribution is -0.127. The van der Waals surface area contributed by atoms with Crippen LogP contribution in [0, 0.1) is 5.92 Å². The third-order valence-corrected chi connectivity index (χ3v) is 5.41. The number of hydrogen-bond acceptors (Lipinski definition) is 2. The summed E-state index contributed by atoms with van der Waals surface area (Å²) in [5, 5.41) is 3.17. The van der Waals surface area contributed by atoms with Crippen molar-refractivity contribution in [1.82, 2.24) is 10.2 Å². The van der Waals surface area contributed by atoms with Crippen LogP contribution in [0.4, 0.5) is 0 Å². The minimum absolute atomic E-state index is 0.0633. The van der Waals surface area contributed by atoms with Gasteiger partial charge in [-0.3, -0.25) is 9.69 Å².